The van der Waals surface area contributed by atoms with Crippen molar-refractivity contribution in [3.05, 3.63) is 48.0 Å². The molecule has 0 aliphatic carbocycles. The van der Waals surface area contributed by atoms with E-state index < -0.39 is 0 Å². The van der Waals surface area contributed by atoms with Crippen molar-refractivity contribution in [3.8, 4) is 16.9 Å². The molecule has 0 fully saturated rings. The summed E-state index contributed by atoms with van der Waals surface area (Å²) in [4.78, 5) is 0. The van der Waals surface area contributed by atoms with Crippen molar-refractivity contribution in [1.82, 2.24) is 0 Å². The third-order valence-electron chi connectivity index (χ3n) is 2.80. The van der Waals surface area contributed by atoms with Crippen LogP contribution in [0.25, 0.3) is 11.1 Å². The molecule has 0 spiro atoms. The fourth-order valence-electron chi connectivity index (χ4n) is 1.86. The van der Waals surface area contributed by atoms with E-state index in [4.69, 9.17) is 15.7 Å². The Morgan fingerprint density at radius 2 is 2.06 bits per heavy atom. The van der Waals surface area contributed by atoms with Crippen LogP contribution in [0, 0.1) is 0 Å². The molecule has 4 nitrogen and oxygen atoms in total. The highest BCUT2D eigenvalue weighted by Crippen LogP contribution is 2.32. The van der Waals surface area contributed by atoms with Crippen LogP contribution in [0.3, 0.4) is 0 Å². The van der Waals surface area contributed by atoms with E-state index in [1.165, 1.54) is 0 Å². The van der Waals surface area contributed by atoms with Gasteiger partial charge in [-0.1, -0.05) is 18.2 Å². The zero-order chi connectivity index (χ0) is 13.0. The van der Waals surface area contributed by atoms with E-state index in [2.05, 4.69) is 5.48 Å². The maximum Gasteiger partial charge on any atom is 0.126 e. The molecule has 0 amide bonds. The van der Waals surface area contributed by atoms with E-state index in [9.17, 15) is 0 Å². The Hall–Kier alpha value is -2.04. The molecule has 18 heavy (non-hydrogen) atoms. The van der Waals surface area contributed by atoms with Gasteiger partial charge in [-0.2, -0.15) is 0 Å². The maximum atomic E-state index is 8.93. The quantitative estimate of drug-likeness (QED) is 0.723. The van der Waals surface area contributed by atoms with Gasteiger partial charge in [0.15, 0.2) is 0 Å². The van der Waals surface area contributed by atoms with Gasteiger partial charge in [0, 0.05) is 12.1 Å². The van der Waals surface area contributed by atoms with Crippen LogP contribution in [-0.2, 0) is 6.54 Å². The Labute approximate surface area is 106 Å². The molecule has 4 heteroatoms. The Bertz CT molecular complexity index is 541. The third-order valence-corrected chi connectivity index (χ3v) is 2.80. The second kappa shape index (κ2) is 5.53. The average Bonchev–Trinajstić information content (AvgIpc) is 2.46. The summed E-state index contributed by atoms with van der Waals surface area (Å²) in [6.45, 7) is 0.481. The first-order valence-corrected chi connectivity index (χ1v) is 5.66. The molecule has 0 bridgehead atoms. The molecular weight excluding hydrogens is 228 g/mol. The summed E-state index contributed by atoms with van der Waals surface area (Å²) >= 11 is 0. The number of nitrogens with two attached hydrogens (primary N) is 1. The summed E-state index contributed by atoms with van der Waals surface area (Å²) in [5, 5.41) is 8.93. The van der Waals surface area contributed by atoms with E-state index in [0.717, 1.165) is 22.4 Å². The van der Waals surface area contributed by atoms with Gasteiger partial charge in [0.05, 0.1) is 12.8 Å². The lowest BCUT2D eigenvalue weighted by atomic mass is 10.0. The first kappa shape index (κ1) is 12.4. The van der Waals surface area contributed by atoms with Crippen LogP contribution in [0.2, 0.25) is 0 Å². The van der Waals surface area contributed by atoms with Crippen LogP contribution in [0.15, 0.2) is 42.5 Å². The molecule has 0 heterocycles. The minimum Gasteiger partial charge on any atom is -0.496 e. The molecule has 0 aliphatic heterocycles. The highest BCUT2D eigenvalue weighted by atomic mass is 16.5. The number of methoxy groups -OCH3 is 1. The van der Waals surface area contributed by atoms with Gasteiger partial charge in [-0.3, -0.25) is 10.7 Å². The van der Waals surface area contributed by atoms with E-state index in [1.807, 2.05) is 36.4 Å². The average molecular weight is 244 g/mol. The van der Waals surface area contributed by atoms with E-state index >= 15 is 0 Å². The number of ether oxygens (including phenoxy) is 1. The van der Waals surface area contributed by atoms with E-state index in [1.54, 1.807) is 13.2 Å². The van der Waals surface area contributed by atoms with Crippen molar-refractivity contribution in [2.24, 2.45) is 5.73 Å². The SMILES string of the molecule is COc1ccc(CN)cc1-c1cccc(NO)c1. The summed E-state index contributed by atoms with van der Waals surface area (Å²) in [5.41, 5.74) is 11.4. The molecule has 0 saturated carbocycles. The zero-order valence-electron chi connectivity index (χ0n) is 10.2. The summed E-state index contributed by atoms with van der Waals surface area (Å²) in [5.74, 6) is 0.780. The monoisotopic (exact) mass is 244 g/mol. The zero-order valence-corrected chi connectivity index (χ0v) is 10.2. The van der Waals surface area contributed by atoms with Crippen LogP contribution in [-0.4, -0.2) is 12.3 Å². The van der Waals surface area contributed by atoms with Gasteiger partial charge in [-0.25, -0.2) is 0 Å². The van der Waals surface area contributed by atoms with Crippen molar-refractivity contribution in [1.29, 1.82) is 0 Å². The number of anilines is 1. The third kappa shape index (κ3) is 2.45. The van der Waals surface area contributed by atoms with Gasteiger partial charge < -0.3 is 10.5 Å². The highest BCUT2D eigenvalue weighted by molar-refractivity contribution is 5.74. The van der Waals surface area contributed by atoms with Crippen molar-refractivity contribution < 1.29 is 9.94 Å². The van der Waals surface area contributed by atoms with E-state index in [0.29, 0.717) is 12.2 Å². The predicted octanol–water partition coefficient (Wildman–Crippen LogP) is 2.62. The van der Waals surface area contributed by atoms with Gasteiger partial charge >= 0.3 is 0 Å². The largest absolute Gasteiger partial charge is 0.496 e. The fraction of sp³-hybridized carbons (Fsp3) is 0.143. The number of rotatable bonds is 4. The molecule has 4 N–H and O–H groups in total. The Kier molecular flexibility index (Phi) is 3.82. The normalized spacial score (nSPS) is 10.2. The number of nitrogens with one attached hydrogen (secondary N) is 1. The Balaban J connectivity index is 2.53. The molecular formula is C14H16N2O2. The number of benzene rings is 2. The second-order valence-electron chi connectivity index (χ2n) is 3.93. The Morgan fingerprint density at radius 3 is 2.72 bits per heavy atom. The van der Waals surface area contributed by atoms with Gasteiger partial charge in [0.1, 0.15) is 5.75 Å². The lowest BCUT2D eigenvalue weighted by Gasteiger charge is -2.11. The van der Waals surface area contributed by atoms with Crippen molar-refractivity contribution >= 4 is 5.69 Å². The molecule has 0 unspecified atom stereocenters. The lowest BCUT2D eigenvalue weighted by Crippen LogP contribution is -1.98. The van der Waals surface area contributed by atoms with Gasteiger partial charge in [0.2, 0.25) is 0 Å². The first-order chi connectivity index (χ1) is 8.78. The predicted molar refractivity (Wildman–Crippen MR) is 71.7 cm³/mol. The highest BCUT2D eigenvalue weighted by Gasteiger charge is 2.07. The molecule has 2 aromatic carbocycles. The van der Waals surface area contributed by atoms with Crippen LogP contribution in [0.1, 0.15) is 5.56 Å². The van der Waals surface area contributed by atoms with Gasteiger partial charge in [-0.15, -0.1) is 0 Å². The Morgan fingerprint density at radius 1 is 1.22 bits per heavy atom. The smallest absolute Gasteiger partial charge is 0.126 e. The van der Waals surface area contributed by atoms with Gasteiger partial charge in [0.25, 0.3) is 0 Å². The maximum absolute atomic E-state index is 8.93. The number of hydrogen-bond acceptors (Lipinski definition) is 4. The van der Waals surface area contributed by atoms with E-state index in [-0.39, 0.29) is 0 Å². The molecule has 0 saturated heterocycles. The summed E-state index contributed by atoms with van der Waals surface area (Å²) in [7, 11) is 1.63. The first-order valence-electron chi connectivity index (χ1n) is 5.66. The van der Waals surface area contributed by atoms with Crippen molar-refractivity contribution in [2.45, 2.75) is 6.54 Å². The standard InChI is InChI=1S/C14H16N2O2/c1-18-14-6-5-10(9-15)7-13(14)11-3-2-4-12(8-11)16-17/h2-8,16-17H,9,15H2,1H3. The molecule has 2 rings (SSSR count). The lowest BCUT2D eigenvalue weighted by molar-refractivity contribution is 0.389. The van der Waals surface area contributed by atoms with Crippen LogP contribution < -0.4 is 16.0 Å². The molecule has 0 atom stereocenters. The van der Waals surface area contributed by atoms with Crippen molar-refractivity contribution in [3.63, 3.8) is 0 Å². The molecule has 0 aromatic heterocycles. The van der Waals surface area contributed by atoms with Crippen molar-refractivity contribution in [2.75, 3.05) is 12.6 Å². The topological polar surface area (TPSA) is 67.5 Å². The molecule has 2 aromatic rings. The number of hydrogen-bond donors (Lipinski definition) is 3. The fourth-order valence-corrected chi connectivity index (χ4v) is 1.86. The summed E-state index contributed by atoms with van der Waals surface area (Å²) in [6, 6.07) is 13.3. The minimum atomic E-state index is 0.481. The molecule has 0 radical (unpaired) electrons. The molecule has 0 aliphatic rings. The van der Waals surface area contributed by atoms with Crippen LogP contribution >= 0.6 is 0 Å². The summed E-state index contributed by atoms with van der Waals surface area (Å²) < 4.78 is 5.35. The minimum absolute atomic E-state index is 0.481. The van der Waals surface area contributed by atoms with Crippen LogP contribution in [0.5, 0.6) is 5.75 Å². The second-order valence-corrected chi connectivity index (χ2v) is 3.93. The summed E-state index contributed by atoms with van der Waals surface area (Å²) in [6.07, 6.45) is 0. The van der Waals surface area contributed by atoms with Crippen LogP contribution in [0.4, 0.5) is 5.69 Å². The van der Waals surface area contributed by atoms with Gasteiger partial charge in [-0.05, 0) is 35.4 Å². The molecule has 94 valence electrons.